The van der Waals surface area contributed by atoms with Crippen molar-refractivity contribution in [2.75, 3.05) is 6.61 Å². The lowest BCUT2D eigenvalue weighted by molar-refractivity contribution is -0.141. The molecule has 0 bridgehead atoms. The summed E-state index contributed by atoms with van der Waals surface area (Å²) in [5.41, 5.74) is 5.33. The Labute approximate surface area is 152 Å². The Morgan fingerprint density at radius 2 is 2.00 bits per heavy atom. The molecule has 0 spiro atoms. The number of terminal acetylenes is 1. The number of esters is 1. The summed E-state index contributed by atoms with van der Waals surface area (Å²) >= 11 is 0. The number of nitrogens with zero attached hydrogens (tertiary/aromatic N) is 3. The number of carbonyl (C=O) groups excluding carboxylic acids is 1. The van der Waals surface area contributed by atoms with Crippen molar-refractivity contribution in [3.05, 3.63) is 65.6 Å². The van der Waals surface area contributed by atoms with Crippen molar-refractivity contribution in [1.82, 2.24) is 14.8 Å². The minimum atomic E-state index is -0.370. The molecule has 5 heteroatoms. The minimum Gasteiger partial charge on any atom is -0.452 e. The van der Waals surface area contributed by atoms with Gasteiger partial charge in [-0.2, -0.15) is 5.10 Å². The second-order valence-corrected chi connectivity index (χ2v) is 5.89. The molecule has 0 saturated heterocycles. The summed E-state index contributed by atoms with van der Waals surface area (Å²) in [6, 6.07) is 11.8. The van der Waals surface area contributed by atoms with Gasteiger partial charge in [-0.1, -0.05) is 36.3 Å². The fourth-order valence-electron chi connectivity index (χ4n) is 2.83. The average Bonchev–Trinajstić information content (AvgIpc) is 2.97. The first-order valence-electron chi connectivity index (χ1n) is 8.25. The van der Waals surface area contributed by atoms with E-state index in [-0.39, 0.29) is 19.0 Å². The predicted octanol–water partition coefficient (Wildman–Crippen LogP) is 3.27. The number of carbonyl (C=O) groups is 1. The van der Waals surface area contributed by atoms with Crippen LogP contribution in [0.1, 0.15) is 16.8 Å². The molecule has 2 heterocycles. The lowest BCUT2D eigenvalue weighted by Crippen LogP contribution is -2.10. The van der Waals surface area contributed by atoms with E-state index in [1.165, 1.54) is 0 Å². The SMILES string of the molecule is C#CCOC(=O)Cc1c(C)nn(-c2cnccc2C)c1-c1ccccc1. The van der Waals surface area contributed by atoms with Gasteiger partial charge < -0.3 is 4.74 Å². The average molecular weight is 345 g/mol. The summed E-state index contributed by atoms with van der Waals surface area (Å²) in [7, 11) is 0. The van der Waals surface area contributed by atoms with Gasteiger partial charge in [0.15, 0.2) is 6.61 Å². The molecule has 0 aliphatic carbocycles. The summed E-state index contributed by atoms with van der Waals surface area (Å²) in [6.07, 6.45) is 8.79. The molecule has 0 unspecified atom stereocenters. The Balaban J connectivity index is 2.15. The molecule has 0 atom stereocenters. The van der Waals surface area contributed by atoms with Gasteiger partial charge in [-0.3, -0.25) is 9.78 Å². The first-order valence-corrected chi connectivity index (χ1v) is 8.25. The molecule has 3 aromatic rings. The van der Waals surface area contributed by atoms with Gasteiger partial charge in [0.25, 0.3) is 0 Å². The standard InChI is InChI=1S/C21H19N3O2/c1-4-12-26-20(25)13-18-16(3)23-24(19-14-22-11-10-15(19)2)21(18)17-8-6-5-7-9-17/h1,5-11,14H,12-13H2,2-3H3. The Morgan fingerprint density at radius 3 is 2.69 bits per heavy atom. The Hall–Kier alpha value is -3.39. The van der Waals surface area contributed by atoms with Crippen LogP contribution in [0.15, 0.2) is 48.8 Å². The van der Waals surface area contributed by atoms with Crippen LogP contribution >= 0.6 is 0 Å². The highest BCUT2D eigenvalue weighted by Crippen LogP contribution is 2.30. The van der Waals surface area contributed by atoms with E-state index >= 15 is 0 Å². The number of aryl methyl sites for hydroxylation is 2. The normalized spacial score (nSPS) is 10.3. The molecule has 3 rings (SSSR count). The molecule has 130 valence electrons. The Kier molecular flexibility index (Phi) is 5.14. The zero-order valence-corrected chi connectivity index (χ0v) is 14.8. The van der Waals surface area contributed by atoms with Gasteiger partial charge >= 0.3 is 5.97 Å². The van der Waals surface area contributed by atoms with E-state index in [4.69, 9.17) is 11.2 Å². The second-order valence-electron chi connectivity index (χ2n) is 5.89. The highest BCUT2D eigenvalue weighted by atomic mass is 16.5. The van der Waals surface area contributed by atoms with Crippen LogP contribution in [0.5, 0.6) is 0 Å². The summed E-state index contributed by atoms with van der Waals surface area (Å²) in [4.78, 5) is 16.4. The third-order valence-electron chi connectivity index (χ3n) is 4.11. The zero-order valence-electron chi connectivity index (χ0n) is 14.8. The van der Waals surface area contributed by atoms with E-state index < -0.39 is 0 Å². The maximum absolute atomic E-state index is 12.2. The van der Waals surface area contributed by atoms with Gasteiger partial charge in [0.1, 0.15) is 0 Å². The molecule has 0 aliphatic heterocycles. The molecule has 0 aliphatic rings. The Morgan fingerprint density at radius 1 is 1.23 bits per heavy atom. The quantitative estimate of drug-likeness (QED) is 0.526. The summed E-state index contributed by atoms with van der Waals surface area (Å²) < 4.78 is 6.90. The summed E-state index contributed by atoms with van der Waals surface area (Å²) in [5.74, 6) is 1.94. The highest BCUT2D eigenvalue weighted by Gasteiger charge is 2.21. The van der Waals surface area contributed by atoms with Gasteiger partial charge in [-0.15, -0.1) is 6.42 Å². The van der Waals surface area contributed by atoms with E-state index in [2.05, 4.69) is 16.0 Å². The fourth-order valence-corrected chi connectivity index (χ4v) is 2.83. The van der Waals surface area contributed by atoms with Gasteiger partial charge in [-0.25, -0.2) is 4.68 Å². The van der Waals surface area contributed by atoms with Gasteiger partial charge in [-0.05, 0) is 25.5 Å². The minimum absolute atomic E-state index is 0.0333. The molecule has 26 heavy (non-hydrogen) atoms. The van der Waals surface area contributed by atoms with Crippen LogP contribution in [-0.2, 0) is 16.0 Å². The monoisotopic (exact) mass is 345 g/mol. The van der Waals surface area contributed by atoms with Crippen molar-refractivity contribution < 1.29 is 9.53 Å². The zero-order chi connectivity index (χ0) is 18.5. The third kappa shape index (κ3) is 3.50. The van der Waals surface area contributed by atoms with Crippen molar-refractivity contribution in [2.24, 2.45) is 0 Å². The van der Waals surface area contributed by atoms with Crippen LogP contribution in [0.4, 0.5) is 0 Å². The smallest absolute Gasteiger partial charge is 0.311 e. The predicted molar refractivity (Wildman–Crippen MR) is 99.8 cm³/mol. The van der Waals surface area contributed by atoms with Crippen molar-refractivity contribution in [3.8, 4) is 29.3 Å². The molecule has 0 radical (unpaired) electrons. The molecule has 0 amide bonds. The van der Waals surface area contributed by atoms with Gasteiger partial charge in [0.2, 0.25) is 0 Å². The number of hydrogen-bond acceptors (Lipinski definition) is 4. The van der Waals surface area contributed by atoms with Crippen molar-refractivity contribution >= 4 is 5.97 Å². The number of aromatic nitrogens is 3. The van der Waals surface area contributed by atoms with Crippen molar-refractivity contribution in [1.29, 1.82) is 0 Å². The summed E-state index contributed by atoms with van der Waals surface area (Å²) in [5, 5.41) is 4.68. The topological polar surface area (TPSA) is 57.0 Å². The van der Waals surface area contributed by atoms with Crippen molar-refractivity contribution in [3.63, 3.8) is 0 Å². The molecular formula is C21H19N3O2. The summed E-state index contributed by atoms with van der Waals surface area (Å²) in [6.45, 7) is 3.86. The number of pyridine rings is 1. The van der Waals surface area contributed by atoms with Crippen LogP contribution < -0.4 is 0 Å². The molecule has 0 N–H and O–H groups in total. The molecule has 0 fully saturated rings. The van der Waals surface area contributed by atoms with Crippen LogP contribution in [0.25, 0.3) is 16.9 Å². The molecular weight excluding hydrogens is 326 g/mol. The van der Waals surface area contributed by atoms with Crippen LogP contribution in [0.3, 0.4) is 0 Å². The van der Waals surface area contributed by atoms with E-state index in [1.54, 1.807) is 12.4 Å². The maximum atomic E-state index is 12.2. The Bertz CT molecular complexity index is 969. The molecule has 5 nitrogen and oxygen atoms in total. The van der Waals surface area contributed by atoms with Crippen LogP contribution in [0.2, 0.25) is 0 Å². The highest BCUT2D eigenvalue weighted by molar-refractivity contribution is 5.78. The van der Waals surface area contributed by atoms with Crippen molar-refractivity contribution in [2.45, 2.75) is 20.3 Å². The van der Waals surface area contributed by atoms with E-state index in [9.17, 15) is 4.79 Å². The molecule has 1 aromatic carbocycles. The number of benzene rings is 1. The number of ether oxygens (including phenoxy) is 1. The van der Waals surface area contributed by atoms with E-state index in [1.807, 2.05) is 54.9 Å². The number of hydrogen-bond donors (Lipinski definition) is 0. The molecule has 2 aromatic heterocycles. The second kappa shape index (κ2) is 7.66. The lowest BCUT2D eigenvalue weighted by atomic mass is 10.0. The maximum Gasteiger partial charge on any atom is 0.311 e. The van der Waals surface area contributed by atoms with Gasteiger partial charge in [0.05, 0.1) is 29.7 Å². The fraction of sp³-hybridized carbons (Fsp3) is 0.190. The van der Waals surface area contributed by atoms with Crippen LogP contribution in [0, 0.1) is 26.2 Å². The lowest BCUT2D eigenvalue weighted by Gasteiger charge is -2.11. The van der Waals surface area contributed by atoms with E-state index in [0.717, 1.165) is 33.8 Å². The first-order chi connectivity index (χ1) is 12.6. The van der Waals surface area contributed by atoms with E-state index in [0.29, 0.717) is 0 Å². The van der Waals surface area contributed by atoms with Crippen LogP contribution in [-0.4, -0.2) is 27.3 Å². The molecule has 0 saturated carbocycles. The number of rotatable bonds is 5. The third-order valence-corrected chi connectivity index (χ3v) is 4.11. The van der Waals surface area contributed by atoms with Gasteiger partial charge in [0, 0.05) is 17.3 Å². The largest absolute Gasteiger partial charge is 0.452 e. The first kappa shape index (κ1) is 17.4.